The van der Waals surface area contributed by atoms with Crippen molar-refractivity contribution in [3.8, 4) is 0 Å². The highest BCUT2D eigenvalue weighted by Crippen LogP contribution is 2.34. The molecule has 3 aliphatic heterocycles. The molecule has 14 atom stereocenters. The fourth-order valence-electron chi connectivity index (χ4n) is 8.88. The lowest BCUT2D eigenvalue weighted by Gasteiger charge is -2.46. The summed E-state index contributed by atoms with van der Waals surface area (Å²) in [4.78, 5) is 52.3. The summed E-state index contributed by atoms with van der Waals surface area (Å²) in [6, 6.07) is 33.0. The SMILES string of the molecule is N[C@@H]1C[C@H](NC(=O)OCc2ccccc2)[C@@H](O[C@H]2O[C@H](CNC(=O)OCc3ccccc3)C=C[C@H]2NC(=O)OCc2ccccc2)[C@H](O[C@@H]2O[C@H](CO)[C@@H](O[C@@H]3CC=C[C@@H](CNC(=O)OCc4ccccc4)O3)[C@H]2O)[C@H]1O. The highest BCUT2D eigenvalue weighted by molar-refractivity contribution is 5.69. The number of carbonyl (C=O) groups is 4. The van der Waals surface area contributed by atoms with Crippen molar-refractivity contribution in [1.82, 2.24) is 21.3 Å². The molecular weight excluding hydrogens is 1000 g/mol. The summed E-state index contributed by atoms with van der Waals surface area (Å²) < 4.78 is 59.7. The molecule has 77 heavy (non-hydrogen) atoms. The van der Waals surface area contributed by atoms with E-state index in [2.05, 4.69) is 21.3 Å². The molecule has 22 nitrogen and oxygen atoms in total. The lowest BCUT2D eigenvalue weighted by molar-refractivity contribution is -0.281. The standard InChI is InChI=1S/C55H65N5O17/c56-40-26-42(60-55(67)71-33-37-20-11-4-12-21-37)47(76-50-41(59-54(66)70-32-36-18-9-3-10-19-36)25-24-39(73-50)28-58-53(65)69-31-35-16-7-2-8-17-35)49(45(40)62)77-51-46(63)48(43(29-61)74-51)75-44-23-13-22-38(72-44)27-57-52(64)68-30-34-14-5-1-6-15-34/h1-22,24-25,38-51,61-63H,23,26-33,56H2,(H,57,64)(H,58,65)(H,59,66)(H,60,67)/t38-,39-,40+,41+,42-,43+,44+,45-,46+,47+,48+,49+,50+,51-/m0/s1. The minimum absolute atomic E-state index is 0.0113. The average molecular weight is 1070 g/mol. The molecule has 1 saturated heterocycles. The molecule has 4 aromatic rings. The minimum atomic E-state index is -1.63. The highest BCUT2D eigenvalue weighted by atomic mass is 16.8. The normalized spacial score (nSPS) is 28.6. The van der Waals surface area contributed by atoms with E-state index in [9.17, 15) is 34.5 Å². The number of hydrogen-bond acceptors (Lipinski definition) is 18. The van der Waals surface area contributed by atoms with E-state index in [1.54, 1.807) is 72.8 Å². The van der Waals surface area contributed by atoms with Gasteiger partial charge in [0.1, 0.15) is 63.0 Å². The molecule has 412 valence electrons. The molecule has 8 rings (SSSR count). The van der Waals surface area contributed by atoms with E-state index in [1.165, 1.54) is 0 Å². The minimum Gasteiger partial charge on any atom is -0.445 e. The van der Waals surface area contributed by atoms with Crippen LogP contribution >= 0.6 is 0 Å². The lowest BCUT2D eigenvalue weighted by Crippen LogP contribution is -2.67. The molecule has 1 aliphatic carbocycles. The van der Waals surface area contributed by atoms with E-state index in [1.807, 2.05) is 72.8 Å². The third kappa shape index (κ3) is 16.8. The van der Waals surface area contributed by atoms with Gasteiger partial charge < -0.3 is 89.7 Å². The summed E-state index contributed by atoms with van der Waals surface area (Å²) in [5.74, 6) is 0. The Morgan fingerprint density at radius 3 is 1.53 bits per heavy atom. The molecule has 0 radical (unpaired) electrons. The van der Waals surface area contributed by atoms with Crippen molar-refractivity contribution in [2.45, 2.75) is 125 Å². The van der Waals surface area contributed by atoms with E-state index < -0.39 is 117 Å². The lowest BCUT2D eigenvalue weighted by atomic mass is 9.84. The van der Waals surface area contributed by atoms with Crippen LogP contribution in [0.5, 0.6) is 0 Å². The number of hydrogen-bond donors (Lipinski definition) is 8. The van der Waals surface area contributed by atoms with Gasteiger partial charge >= 0.3 is 24.4 Å². The first-order valence-electron chi connectivity index (χ1n) is 25.3. The quantitative estimate of drug-likeness (QED) is 0.0436. The van der Waals surface area contributed by atoms with E-state index >= 15 is 0 Å². The highest BCUT2D eigenvalue weighted by Gasteiger charge is 2.53. The van der Waals surface area contributed by atoms with Crippen molar-refractivity contribution in [1.29, 1.82) is 0 Å². The van der Waals surface area contributed by atoms with Gasteiger partial charge in [-0.1, -0.05) is 146 Å². The molecule has 0 spiro atoms. The molecule has 4 amide bonds. The third-order valence-corrected chi connectivity index (χ3v) is 12.9. The average Bonchev–Trinajstić information content (AvgIpc) is 3.76. The third-order valence-electron chi connectivity index (χ3n) is 12.9. The Kier molecular flexibility index (Phi) is 20.8. The van der Waals surface area contributed by atoms with Gasteiger partial charge in [-0.2, -0.15) is 0 Å². The number of carbonyl (C=O) groups excluding carboxylic acids is 4. The number of nitrogens with two attached hydrogens (primary N) is 1. The fourth-order valence-corrected chi connectivity index (χ4v) is 8.88. The van der Waals surface area contributed by atoms with Crippen LogP contribution in [-0.2, 0) is 73.8 Å². The van der Waals surface area contributed by atoms with E-state index in [0.29, 0.717) is 5.56 Å². The van der Waals surface area contributed by atoms with Crippen molar-refractivity contribution in [2.75, 3.05) is 19.7 Å². The maximum absolute atomic E-state index is 13.6. The molecule has 1 saturated carbocycles. The van der Waals surface area contributed by atoms with Crippen molar-refractivity contribution in [3.05, 3.63) is 168 Å². The summed E-state index contributed by atoms with van der Waals surface area (Å²) in [7, 11) is 0. The van der Waals surface area contributed by atoms with Gasteiger partial charge in [0.2, 0.25) is 0 Å². The van der Waals surface area contributed by atoms with Gasteiger partial charge in [0.25, 0.3) is 0 Å². The van der Waals surface area contributed by atoms with Gasteiger partial charge in [-0.15, -0.1) is 0 Å². The first kappa shape index (κ1) is 56.2. The number of rotatable bonds is 21. The number of amides is 4. The van der Waals surface area contributed by atoms with Crippen LogP contribution in [-0.4, -0.2) is 145 Å². The molecule has 0 aromatic heterocycles. The summed E-state index contributed by atoms with van der Waals surface area (Å²) >= 11 is 0. The maximum Gasteiger partial charge on any atom is 0.408 e. The number of aliphatic hydroxyl groups excluding tert-OH is 3. The van der Waals surface area contributed by atoms with Gasteiger partial charge in [-0.3, -0.25) is 0 Å². The van der Waals surface area contributed by atoms with Crippen LogP contribution in [0.3, 0.4) is 0 Å². The smallest absolute Gasteiger partial charge is 0.408 e. The van der Waals surface area contributed by atoms with Crippen molar-refractivity contribution < 1.29 is 81.9 Å². The number of benzene rings is 4. The number of ether oxygens (including phenoxy) is 10. The van der Waals surface area contributed by atoms with Crippen molar-refractivity contribution >= 4 is 24.4 Å². The zero-order valence-corrected chi connectivity index (χ0v) is 41.9. The van der Waals surface area contributed by atoms with E-state index in [-0.39, 0.29) is 52.4 Å². The number of nitrogens with one attached hydrogen (secondary N) is 4. The largest absolute Gasteiger partial charge is 0.445 e. The molecule has 9 N–H and O–H groups in total. The molecule has 0 bridgehead atoms. The van der Waals surface area contributed by atoms with Crippen molar-refractivity contribution in [2.24, 2.45) is 5.73 Å². The Labute approximate surface area is 444 Å². The summed E-state index contributed by atoms with van der Waals surface area (Å²) in [5.41, 5.74) is 9.58. The molecule has 22 heteroatoms. The zero-order valence-electron chi connectivity index (χ0n) is 41.9. The summed E-state index contributed by atoms with van der Waals surface area (Å²) in [6.45, 7) is -0.808. The Morgan fingerprint density at radius 1 is 0.532 bits per heavy atom. The van der Waals surface area contributed by atoms with E-state index in [0.717, 1.165) is 16.7 Å². The predicted octanol–water partition coefficient (Wildman–Crippen LogP) is 3.71. The Balaban J connectivity index is 0.975. The van der Waals surface area contributed by atoms with Crippen LogP contribution in [0, 0.1) is 0 Å². The van der Waals surface area contributed by atoms with Crippen LogP contribution in [0.2, 0.25) is 0 Å². The van der Waals surface area contributed by atoms with Gasteiger partial charge in [0.15, 0.2) is 18.9 Å². The Bertz CT molecular complexity index is 2540. The Hall–Kier alpha value is -6.96. The van der Waals surface area contributed by atoms with Crippen LogP contribution in [0.15, 0.2) is 146 Å². The van der Waals surface area contributed by atoms with Crippen molar-refractivity contribution in [3.63, 3.8) is 0 Å². The monoisotopic (exact) mass is 1070 g/mol. The zero-order chi connectivity index (χ0) is 53.9. The molecule has 4 aromatic carbocycles. The molecule has 4 aliphatic rings. The van der Waals surface area contributed by atoms with Gasteiger partial charge in [0, 0.05) is 12.5 Å². The predicted molar refractivity (Wildman–Crippen MR) is 272 cm³/mol. The second kappa shape index (κ2) is 28.4. The second-order valence-corrected chi connectivity index (χ2v) is 18.5. The maximum atomic E-state index is 13.6. The van der Waals surface area contributed by atoms with E-state index in [4.69, 9.17) is 53.1 Å². The topological polar surface area (TPSA) is 295 Å². The molecular formula is C55H65N5O17. The number of aliphatic hydroxyl groups is 3. The van der Waals surface area contributed by atoms with Gasteiger partial charge in [-0.05, 0) is 28.7 Å². The Morgan fingerprint density at radius 2 is 1.01 bits per heavy atom. The first-order chi connectivity index (χ1) is 37.5. The molecule has 2 fully saturated rings. The first-order valence-corrected chi connectivity index (χ1v) is 25.3. The van der Waals surface area contributed by atoms with Crippen LogP contribution in [0.1, 0.15) is 35.1 Å². The van der Waals surface area contributed by atoms with Gasteiger partial charge in [-0.25, -0.2) is 19.2 Å². The molecule has 0 unspecified atom stereocenters. The number of alkyl carbamates (subject to hydrolysis) is 4. The second-order valence-electron chi connectivity index (χ2n) is 18.5. The summed E-state index contributed by atoms with van der Waals surface area (Å²) in [6.07, 6.45) is -10.4. The fraction of sp³-hybridized carbons (Fsp3) is 0.418. The van der Waals surface area contributed by atoms with Crippen LogP contribution in [0.25, 0.3) is 0 Å². The molecule has 3 heterocycles. The van der Waals surface area contributed by atoms with Crippen LogP contribution < -0.4 is 27.0 Å². The summed E-state index contributed by atoms with van der Waals surface area (Å²) in [5, 5.41) is 45.2. The van der Waals surface area contributed by atoms with Gasteiger partial charge in [0.05, 0.1) is 44.1 Å². The van der Waals surface area contributed by atoms with Crippen LogP contribution in [0.4, 0.5) is 19.2 Å².